The van der Waals surface area contributed by atoms with Crippen LogP contribution in [0.15, 0.2) is 12.3 Å². The van der Waals surface area contributed by atoms with E-state index in [1.54, 1.807) is 12.3 Å². The molecule has 9 heavy (non-hydrogen) atoms. The molecule has 0 saturated heterocycles. The number of hydrogen-bond acceptors (Lipinski definition) is 2. The summed E-state index contributed by atoms with van der Waals surface area (Å²) in [4.78, 5) is 10.9. The van der Waals surface area contributed by atoms with Crippen molar-refractivity contribution in [3.05, 3.63) is 12.3 Å². The summed E-state index contributed by atoms with van der Waals surface area (Å²) < 4.78 is 4.79. The molecule has 0 unspecified atom stereocenters. The number of carbonyl (C=O) groups is 1. The Labute approximate surface area is 54.5 Å². The van der Waals surface area contributed by atoms with Gasteiger partial charge in [-0.2, -0.15) is 0 Å². The summed E-state index contributed by atoms with van der Waals surface area (Å²) in [6.07, 6.45) is 3.36. The highest BCUT2D eigenvalue weighted by Crippen LogP contribution is 2.21. The molecule has 1 heterocycles. The van der Waals surface area contributed by atoms with E-state index >= 15 is 0 Å². The lowest BCUT2D eigenvalue weighted by Crippen LogP contribution is -2.28. The van der Waals surface area contributed by atoms with Crippen molar-refractivity contribution in [1.82, 2.24) is 0 Å². The van der Waals surface area contributed by atoms with Gasteiger partial charge in [0.2, 0.25) is 0 Å². The highest BCUT2D eigenvalue weighted by Gasteiger charge is 2.26. The summed E-state index contributed by atoms with van der Waals surface area (Å²) in [7, 11) is 0. The van der Waals surface area contributed by atoms with Crippen LogP contribution >= 0.6 is 0 Å². The lowest BCUT2D eigenvalue weighted by molar-refractivity contribution is -0.129. The zero-order chi connectivity index (χ0) is 6.91. The SMILES string of the molecule is CC1(C)C=COCC1=O. The minimum Gasteiger partial charge on any atom is -0.494 e. The van der Waals surface area contributed by atoms with Crippen LogP contribution in [0.25, 0.3) is 0 Å². The Bertz CT molecular complexity index is 156. The van der Waals surface area contributed by atoms with Gasteiger partial charge in [0.05, 0.1) is 6.26 Å². The van der Waals surface area contributed by atoms with Crippen molar-refractivity contribution in [2.45, 2.75) is 13.8 Å². The largest absolute Gasteiger partial charge is 0.494 e. The summed E-state index contributed by atoms with van der Waals surface area (Å²) in [5.41, 5.74) is -0.307. The van der Waals surface area contributed by atoms with Crippen molar-refractivity contribution < 1.29 is 9.53 Å². The summed E-state index contributed by atoms with van der Waals surface area (Å²) in [6.45, 7) is 3.99. The Morgan fingerprint density at radius 2 is 2.33 bits per heavy atom. The summed E-state index contributed by atoms with van der Waals surface area (Å²) in [6, 6.07) is 0. The topological polar surface area (TPSA) is 26.3 Å². The molecular weight excluding hydrogens is 116 g/mol. The molecule has 0 aromatic heterocycles. The number of ether oxygens (including phenoxy) is 1. The molecule has 1 rings (SSSR count). The van der Waals surface area contributed by atoms with Crippen LogP contribution in [0, 0.1) is 5.41 Å². The molecule has 2 heteroatoms. The molecule has 0 atom stereocenters. The smallest absolute Gasteiger partial charge is 0.179 e. The summed E-state index contributed by atoms with van der Waals surface area (Å²) >= 11 is 0. The third kappa shape index (κ3) is 1.12. The quantitative estimate of drug-likeness (QED) is 0.486. The van der Waals surface area contributed by atoms with Gasteiger partial charge in [-0.15, -0.1) is 0 Å². The first-order chi connectivity index (χ1) is 4.13. The van der Waals surface area contributed by atoms with E-state index in [-0.39, 0.29) is 17.8 Å². The predicted octanol–water partition coefficient (Wildman–Crippen LogP) is 1.13. The van der Waals surface area contributed by atoms with E-state index in [0.29, 0.717) is 0 Å². The number of rotatable bonds is 0. The third-order valence-electron chi connectivity index (χ3n) is 1.51. The first-order valence-corrected chi connectivity index (χ1v) is 2.95. The van der Waals surface area contributed by atoms with E-state index in [2.05, 4.69) is 0 Å². The molecule has 0 N–H and O–H groups in total. The predicted molar refractivity (Wildman–Crippen MR) is 33.9 cm³/mol. The molecule has 0 fully saturated rings. The van der Waals surface area contributed by atoms with Gasteiger partial charge in [-0.1, -0.05) is 0 Å². The van der Waals surface area contributed by atoms with E-state index in [1.165, 1.54) is 0 Å². The van der Waals surface area contributed by atoms with E-state index in [9.17, 15) is 4.79 Å². The maximum Gasteiger partial charge on any atom is 0.179 e. The Balaban J connectivity index is 2.81. The Morgan fingerprint density at radius 1 is 1.67 bits per heavy atom. The van der Waals surface area contributed by atoms with Gasteiger partial charge in [-0.3, -0.25) is 4.79 Å². The third-order valence-corrected chi connectivity index (χ3v) is 1.51. The van der Waals surface area contributed by atoms with Gasteiger partial charge >= 0.3 is 0 Å². The number of ketones is 1. The van der Waals surface area contributed by atoms with Gasteiger partial charge in [0, 0.05) is 5.41 Å². The summed E-state index contributed by atoms with van der Waals surface area (Å²) in [5.74, 6) is 0.144. The molecule has 1 aliphatic rings. The number of hydrogen-bond donors (Lipinski definition) is 0. The van der Waals surface area contributed by atoms with Crippen LogP contribution in [0.5, 0.6) is 0 Å². The van der Waals surface area contributed by atoms with E-state index < -0.39 is 0 Å². The van der Waals surface area contributed by atoms with Gasteiger partial charge in [0.1, 0.15) is 6.61 Å². The van der Waals surface area contributed by atoms with Crippen LogP contribution in [0.1, 0.15) is 13.8 Å². The van der Waals surface area contributed by atoms with Gasteiger partial charge in [-0.25, -0.2) is 0 Å². The van der Waals surface area contributed by atoms with Gasteiger partial charge in [0.15, 0.2) is 5.78 Å². The van der Waals surface area contributed by atoms with Gasteiger partial charge in [-0.05, 0) is 19.9 Å². The van der Waals surface area contributed by atoms with Crippen molar-refractivity contribution in [2.75, 3.05) is 6.61 Å². The molecule has 50 valence electrons. The van der Waals surface area contributed by atoms with Crippen LogP contribution < -0.4 is 0 Å². The van der Waals surface area contributed by atoms with Crippen molar-refractivity contribution in [3.8, 4) is 0 Å². The Kier molecular flexibility index (Phi) is 1.31. The number of Topliss-reactive ketones (excluding diaryl/α,β-unsaturated/α-hetero) is 1. The maximum absolute atomic E-state index is 10.9. The normalized spacial score (nSPS) is 23.6. The number of allylic oxidation sites excluding steroid dienone is 1. The standard InChI is InChI=1S/C7H10O2/c1-7(2)3-4-9-5-6(7)8/h3-4H,5H2,1-2H3. The fourth-order valence-corrected chi connectivity index (χ4v) is 0.621. The average molecular weight is 126 g/mol. The molecule has 2 nitrogen and oxygen atoms in total. The molecule has 0 radical (unpaired) electrons. The molecule has 0 aromatic carbocycles. The fourth-order valence-electron chi connectivity index (χ4n) is 0.621. The van der Waals surface area contributed by atoms with E-state index in [0.717, 1.165) is 0 Å². The van der Waals surface area contributed by atoms with E-state index in [4.69, 9.17) is 4.74 Å². The second kappa shape index (κ2) is 1.87. The van der Waals surface area contributed by atoms with Crippen molar-refractivity contribution in [2.24, 2.45) is 5.41 Å². The van der Waals surface area contributed by atoms with Crippen LogP contribution in [-0.2, 0) is 9.53 Å². The molecule has 0 bridgehead atoms. The molecule has 0 aliphatic carbocycles. The molecule has 0 amide bonds. The van der Waals surface area contributed by atoms with Gasteiger partial charge in [0.25, 0.3) is 0 Å². The fraction of sp³-hybridized carbons (Fsp3) is 0.571. The second-order valence-corrected chi connectivity index (χ2v) is 2.76. The lowest BCUT2D eigenvalue weighted by atomic mass is 9.88. The zero-order valence-corrected chi connectivity index (χ0v) is 5.68. The van der Waals surface area contributed by atoms with Crippen molar-refractivity contribution in [3.63, 3.8) is 0 Å². The molecule has 0 aromatic rings. The van der Waals surface area contributed by atoms with Crippen LogP contribution in [0.4, 0.5) is 0 Å². The van der Waals surface area contributed by atoms with Crippen LogP contribution in [0.2, 0.25) is 0 Å². The molecule has 0 saturated carbocycles. The molecule has 0 spiro atoms. The zero-order valence-electron chi connectivity index (χ0n) is 5.68. The minimum atomic E-state index is -0.307. The van der Waals surface area contributed by atoms with Crippen molar-refractivity contribution in [1.29, 1.82) is 0 Å². The number of carbonyl (C=O) groups excluding carboxylic acids is 1. The first kappa shape index (κ1) is 6.33. The molecule has 1 aliphatic heterocycles. The van der Waals surface area contributed by atoms with Crippen LogP contribution in [0.3, 0.4) is 0 Å². The monoisotopic (exact) mass is 126 g/mol. The first-order valence-electron chi connectivity index (χ1n) is 2.95. The molecular formula is C7H10O2. The Morgan fingerprint density at radius 3 is 2.67 bits per heavy atom. The average Bonchev–Trinajstić information content (AvgIpc) is 1.77. The van der Waals surface area contributed by atoms with Crippen molar-refractivity contribution >= 4 is 5.78 Å². The highest BCUT2D eigenvalue weighted by atomic mass is 16.5. The highest BCUT2D eigenvalue weighted by molar-refractivity contribution is 5.87. The Hall–Kier alpha value is -0.790. The maximum atomic E-state index is 10.9. The second-order valence-electron chi connectivity index (χ2n) is 2.76. The van der Waals surface area contributed by atoms with Crippen LogP contribution in [-0.4, -0.2) is 12.4 Å². The minimum absolute atomic E-state index is 0.144. The van der Waals surface area contributed by atoms with Gasteiger partial charge < -0.3 is 4.74 Å². The van der Waals surface area contributed by atoms with E-state index in [1.807, 2.05) is 13.8 Å². The lowest BCUT2D eigenvalue weighted by Gasteiger charge is -2.21. The summed E-state index contributed by atoms with van der Waals surface area (Å²) in [5, 5.41) is 0.